The summed E-state index contributed by atoms with van der Waals surface area (Å²) in [6.45, 7) is 5.10. The highest BCUT2D eigenvalue weighted by atomic mass is 32.2. The van der Waals surface area contributed by atoms with Gasteiger partial charge in [0.15, 0.2) is 5.60 Å². The van der Waals surface area contributed by atoms with Gasteiger partial charge in [-0.25, -0.2) is 13.2 Å². The van der Waals surface area contributed by atoms with Gasteiger partial charge in [0.05, 0.1) is 16.4 Å². The first-order chi connectivity index (χ1) is 11.7. The van der Waals surface area contributed by atoms with Crippen LogP contribution in [0, 0.1) is 0 Å². The number of hydrogen-bond donors (Lipinski definition) is 1. The van der Waals surface area contributed by atoms with Gasteiger partial charge in [0.25, 0.3) is 0 Å². The summed E-state index contributed by atoms with van der Waals surface area (Å²) in [5.74, 6) is -0.164. The number of esters is 1. The zero-order valence-electron chi connectivity index (χ0n) is 14.2. The zero-order valence-corrected chi connectivity index (χ0v) is 15.0. The van der Waals surface area contributed by atoms with Gasteiger partial charge in [-0.15, -0.1) is 0 Å². The first-order valence-corrected chi connectivity index (χ1v) is 9.15. The third-order valence-electron chi connectivity index (χ3n) is 3.42. The molecule has 1 N–H and O–H groups in total. The molecule has 0 radical (unpaired) electrons. The van der Waals surface area contributed by atoms with Crippen LogP contribution in [-0.2, 0) is 19.4 Å². The first kappa shape index (κ1) is 18.8. The summed E-state index contributed by atoms with van der Waals surface area (Å²) in [5.41, 5.74) is -1.19. The maximum atomic E-state index is 12.5. The molecule has 2 rings (SSSR count). The van der Waals surface area contributed by atoms with E-state index in [0.717, 1.165) is 0 Å². The quantitative estimate of drug-likeness (QED) is 0.793. The van der Waals surface area contributed by atoms with Crippen molar-refractivity contribution in [2.24, 2.45) is 0 Å². The Morgan fingerprint density at radius 2 is 1.48 bits per heavy atom. The fraction of sp³-hybridized carbons (Fsp3) is 0.278. The van der Waals surface area contributed by atoms with Crippen molar-refractivity contribution in [1.29, 1.82) is 0 Å². The van der Waals surface area contributed by atoms with Crippen LogP contribution < -0.4 is 4.74 Å². The molecule has 0 aliphatic heterocycles. The number of ether oxygens (including phenoxy) is 2. The second-order valence-electron chi connectivity index (χ2n) is 5.80. The van der Waals surface area contributed by atoms with E-state index in [1.54, 1.807) is 20.8 Å². The van der Waals surface area contributed by atoms with Crippen LogP contribution >= 0.6 is 0 Å². The fourth-order valence-electron chi connectivity index (χ4n) is 2.09. The van der Waals surface area contributed by atoms with Crippen molar-refractivity contribution in [2.45, 2.75) is 36.2 Å². The van der Waals surface area contributed by atoms with Crippen molar-refractivity contribution < 1.29 is 27.8 Å². The Labute approximate surface area is 146 Å². The van der Waals surface area contributed by atoms with Crippen LogP contribution in [0.4, 0.5) is 0 Å². The van der Waals surface area contributed by atoms with E-state index < -0.39 is 21.4 Å². The molecule has 7 heteroatoms. The monoisotopic (exact) mass is 364 g/mol. The number of rotatable bonds is 6. The zero-order chi connectivity index (χ0) is 18.7. The van der Waals surface area contributed by atoms with Gasteiger partial charge in [-0.05, 0) is 69.3 Å². The van der Waals surface area contributed by atoms with Crippen molar-refractivity contribution in [2.75, 3.05) is 6.61 Å². The topological polar surface area (TPSA) is 89.9 Å². The van der Waals surface area contributed by atoms with Crippen molar-refractivity contribution >= 4 is 15.8 Å². The Morgan fingerprint density at radius 1 is 1.00 bits per heavy atom. The molecule has 0 fully saturated rings. The van der Waals surface area contributed by atoms with Gasteiger partial charge in [-0.2, -0.15) is 0 Å². The van der Waals surface area contributed by atoms with Crippen LogP contribution in [0.3, 0.4) is 0 Å². The molecule has 0 spiro atoms. The molecule has 0 saturated heterocycles. The smallest absolute Gasteiger partial charge is 0.349 e. The minimum Gasteiger partial charge on any atom is -0.508 e. The summed E-state index contributed by atoms with van der Waals surface area (Å²) in [4.78, 5) is 12.0. The molecule has 6 nitrogen and oxygen atoms in total. The largest absolute Gasteiger partial charge is 0.508 e. The van der Waals surface area contributed by atoms with Gasteiger partial charge in [-0.1, -0.05) is 0 Å². The van der Waals surface area contributed by atoms with Crippen molar-refractivity contribution in [3.05, 3.63) is 48.5 Å². The number of sulfone groups is 1. The Kier molecular flexibility index (Phi) is 5.37. The highest BCUT2D eigenvalue weighted by Crippen LogP contribution is 2.26. The summed E-state index contributed by atoms with van der Waals surface area (Å²) in [6.07, 6.45) is 0. The van der Waals surface area contributed by atoms with Crippen molar-refractivity contribution in [1.82, 2.24) is 0 Å². The van der Waals surface area contributed by atoms with Gasteiger partial charge in [0.1, 0.15) is 11.5 Å². The number of benzene rings is 2. The second-order valence-corrected chi connectivity index (χ2v) is 7.75. The van der Waals surface area contributed by atoms with E-state index in [9.17, 15) is 18.3 Å². The molecule has 0 aliphatic carbocycles. The summed E-state index contributed by atoms with van der Waals surface area (Å²) in [5, 5.41) is 9.27. The minimum atomic E-state index is -3.70. The normalized spacial score (nSPS) is 11.8. The molecule has 0 bridgehead atoms. The van der Waals surface area contributed by atoms with E-state index in [4.69, 9.17) is 9.47 Å². The van der Waals surface area contributed by atoms with E-state index in [1.165, 1.54) is 48.5 Å². The van der Waals surface area contributed by atoms with Crippen LogP contribution in [-0.4, -0.2) is 31.7 Å². The molecule has 2 aromatic rings. The molecule has 0 aliphatic rings. The van der Waals surface area contributed by atoms with Gasteiger partial charge in [0.2, 0.25) is 9.84 Å². The fourth-order valence-corrected chi connectivity index (χ4v) is 3.35. The molecule has 0 saturated carbocycles. The highest BCUT2D eigenvalue weighted by Gasteiger charge is 2.31. The van der Waals surface area contributed by atoms with Crippen LogP contribution in [0.1, 0.15) is 20.8 Å². The van der Waals surface area contributed by atoms with E-state index in [0.29, 0.717) is 5.75 Å². The highest BCUT2D eigenvalue weighted by molar-refractivity contribution is 7.91. The third kappa shape index (κ3) is 4.30. The maximum Gasteiger partial charge on any atom is 0.349 e. The van der Waals surface area contributed by atoms with Crippen LogP contribution in [0.2, 0.25) is 0 Å². The summed E-state index contributed by atoms with van der Waals surface area (Å²) in [6, 6.07) is 11.1. The molecule has 2 aromatic carbocycles. The molecular weight excluding hydrogens is 344 g/mol. The number of aromatic hydroxyl groups is 1. The lowest BCUT2D eigenvalue weighted by Gasteiger charge is -2.24. The Bertz CT molecular complexity index is 836. The molecule has 0 atom stereocenters. The number of phenols is 1. The number of carbonyl (C=O) groups excluding carboxylic acids is 1. The molecule has 0 heterocycles. The van der Waals surface area contributed by atoms with E-state index in [-0.39, 0.29) is 22.1 Å². The van der Waals surface area contributed by atoms with Gasteiger partial charge >= 0.3 is 5.97 Å². The van der Waals surface area contributed by atoms with Crippen molar-refractivity contribution in [3.8, 4) is 11.5 Å². The molecule has 0 unspecified atom stereocenters. The van der Waals surface area contributed by atoms with Crippen LogP contribution in [0.5, 0.6) is 11.5 Å². The van der Waals surface area contributed by atoms with E-state index >= 15 is 0 Å². The summed E-state index contributed by atoms with van der Waals surface area (Å²) < 4.78 is 35.6. The van der Waals surface area contributed by atoms with Gasteiger partial charge < -0.3 is 14.6 Å². The Balaban J connectivity index is 2.22. The third-order valence-corrected chi connectivity index (χ3v) is 5.21. The van der Waals surface area contributed by atoms with Gasteiger partial charge in [0, 0.05) is 0 Å². The van der Waals surface area contributed by atoms with Crippen molar-refractivity contribution in [3.63, 3.8) is 0 Å². The summed E-state index contributed by atoms with van der Waals surface area (Å²) >= 11 is 0. The SMILES string of the molecule is CCOC(=O)C(C)(C)Oc1ccc(S(=O)(=O)c2ccc(O)cc2)cc1. The van der Waals surface area contributed by atoms with Crippen LogP contribution in [0.25, 0.3) is 0 Å². The molecular formula is C18H20O6S. The first-order valence-electron chi connectivity index (χ1n) is 7.67. The standard InChI is InChI=1S/C18H20O6S/c1-4-23-17(20)18(2,3)24-14-7-11-16(12-8-14)25(21,22)15-9-5-13(19)6-10-15/h5-12,19H,4H2,1-3H3. The average molecular weight is 364 g/mol. The molecule has 134 valence electrons. The predicted molar refractivity (Wildman–Crippen MR) is 91.3 cm³/mol. The predicted octanol–water partition coefficient (Wildman–Crippen LogP) is 2.95. The number of phenolic OH excluding ortho intramolecular Hbond substituents is 1. The van der Waals surface area contributed by atoms with Gasteiger partial charge in [-0.3, -0.25) is 0 Å². The minimum absolute atomic E-state index is 0.0103. The van der Waals surface area contributed by atoms with E-state index in [1.807, 2.05) is 0 Å². The van der Waals surface area contributed by atoms with Crippen LogP contribution in [0.15, 0.2) is 58.3 Å². The lowest BCUT2D eigenvalue weighted by molar-refractivity contribution is -0.158. The number of carbonyl (C=O) groups is 1. The summed E-state index contributed by atoms with van der Waals surface area (Å²) in [7, 11) is -3.70. The maximum absolute atomic E-state index is 12.5. The lowest BCUT2D eigenvalue weighted by atomic mass is 10.1. The molecule has 25 heavy (non-hydrogen) atoms. The second kappa shape index (κ2) is 7.14. The number of hydrogen-bond acceptors (Lipinski definition) is 6. The van der Waals surface area contributed by atoms with E-state index in [2.05, 4.69) is 0 Å². The Hall–Kier alpha value is -2.54. The molecule has 0 amide bonds. The average Bonchev–Trinajstić information content (AvgIpc) is 2.55. The molecule has 0 aromatic heterocycles. The Morgan fingerprint density at radius 3 is 1.96 bits per heavy atom. The lowest BCUT2D eigenvalue weighted by Crippen LogP contribution is -2.39.